The van der Waals surface area contributed by atoms with Crippen LogP contribution in [0.1, 0.15) is 43.3 Å². The molecular weight excluding hydrogens is 278 g/mol. The second-order valence-corrected chi connectivity index (χ2v) is 6.80. The highest BCUT2D eigenvalue weighted by molar-refractivity contribution is 7.12. The van der Waals surface area contributed by atoms with E-state index in [0.29, 0.717) is 17.0 Å². The first kappa shape index (κ1) is 16.5. The molecule has 1 aromatic heterocycles. The summed E-state index contributed by atoms with van der Waals surface area (Å²) < 4.78 is 5.03. The largest absolute Gasteiger partial charge is 0.496 e. The monoisotopic (exact) mass is 299 g/mol. The lowest BCUT2D eigenvalue weighted by Crippen LogP contribution is -2.38. The summed E-state index contributed by atoms with van der Waals surface area (Å²) in [6.45, 7) is 6.05. The van der Waals surface area contributed by atoms with Gasteiger partial charge in [-0.25, -0.2) is 0 Å². The van der Waals surface area contributed by atoms with Crippen molar-refractivity contribution in [2.75, 3.05) is 7.11 Å². The minimum atomic E-state index is -0.914. The third kappa shape index (κ3) is 5.61. The fourth-order valence-electron chi connectivity index (χ4n) is 1.93. The molecule has 0 bridgehead atoms. The Morgan fingerprint density at radius 2 is 2.10 bits per heavy atom. The maximum absolute atomic E-state index is 12.1. The van der Waals surface area contributed by atoms with Gasteiger partial charge in [-0.3, -0.25) is 9.59 Å². The van der Waals surface area contributed by atoms with Crippen LogP contribution in [0.15, 0.2) is 11.4 Å². The first-order chi connectivity index (χ1) is 9.21. The Bertz CT molecular complexity index is 476. The van der Waals surface area contributed by atoms with Crippen LogP contribution in [0.5, 0.6) is 5.75 Å². The Morgan fingerprint density at radius 3 is 2.55 bits per heavy atom. The zero-order chi connectivity index (χ0) is 15.3. The number of aliphatic carboxylic acids is 1. The van der Waals surface area contributed by atoms with Gasteiger partial charge in [0.25, 0.3) is 5.91 Å². The smallest absolute Gasteiger partial charge is 0.305 e. The molecule has 0 saturated carbocycles. The maximum Gasteiger partial charge on any atom is 0.305 e. The third-order valence-corrected chi connectivity index (χ3v) is 3.56. The molecule has 0 radical (unpaired) electrons. The Kier molecular flexibility index (Phi) is 5.56. The molecule has 0 fully saturated rings. The van der Waals surface area contributed by atoms with Gasteiger partial charge in [-0.2, -0.15) is 0 Å². The van der Waals surface area contributed by atoms with Crippen molar-refractivity contribution in [2.24, 2.45) is 5.41 Å². The Labute approximate surface area is 123 Å². The molecule has 0 saturated heterocycles. The quantitative estimate of drug-likeness (QED) is 0.847. The number of hydrogen-bond acceptors (Lipinski definition) is 4. The average Bonchev–Trinajstić information content (AvgIpc) is 2.73. The number of carbonyl (C=O) groups is 2. The van der Waals surface area contributed by atoms with E-state index in [1.54, 1.807) is 11.4 Å². The van der Waals surface area contributed by atoms with E-state index in [2.05, 4.69) is 5.32 Å². The van der Waals surface area contributed by atoms with Gasteiger partial charge in [0.1, 0.15) is 5.75 Å². The summed E-state index contributed by atoms with van der Waals surface area (Å²) >= 11 is 1.28. The normalized spacial score (nSPS) is 12.8. The lowest BCUT2D eigenvalue weighted by Gasteiger charge is -2.25. The molecule has 0 aliphatic heterocycles. The van der Waals surface area contributed by atoms with Crippen LogP contribution < -0.4 is 10.1 Å². The summed E-state index contributed by atoms with van der Waals surface area (Å²) in [5, 5.41) is 13.5. The first-order valence-electron chi connectivity index (χ1n) is 6.36. The van der Waals surface area contributed by atoms with Crippen LogP contribution in [0.4, 0.5) is 0 Å². The predicted molar refractivity (Wildman–Crippen MR) is 78.5 cm³/mol. The van der Waals surface area contributed by atoms with Gasteiger partial charge >= 0.3 is 5.97 Å². The molecule has 1 amide bonds. The zero-order valence-corrected chi connectivity index (χ0v) is 13.0. The van der Waals surface area contributed by atoms with Gasteiger partial charge in [-0.1, -0.05) is 20.8 Å². The molecular formula is C14H21NO4S. The van der Waals surface area contributed by atoms with Crippen molar-refractivity contribution in [3.8, 4) is 5.75 Å². The summed E-state index contributed by atoms with van der Waals surface area (Å²) in [4.78, 5) is 23.5. The molecule has 1 unspecified atom stereocenters. The van der Waals surface area contributed by atoms with Gasteiger partial charge in [-0.15, -0.1) is 11.3 Å². The molecule has 1 rings (SSSR count). The summed E-state index contributed by atoms with van der Waals surface area (Å²) in [5.74, 6) is -0.539. The summed E-state index contributed by atoms with van der Waals surface area (Å²) in [6, 6.07) is 1.27. The van der Waals surface area contributed by atoms with E-state index >= 15 is 0 Å². The number of amides is 1. The van der Waals surface area contributed by atoms with Crippen LogP contribution in [0.2, 0.25) is 0 Å². The van der Waals surface area contributed by atoms with Gasteiger partial charge in [0.05, 0.1) is 18.4 Å². The fraction of sp³-hybridized carbons (Fsp3) is 0.571. The molecule has 1 heterocycles. The van der Waals surface area contributed by atoms with E-state index in [-0.39, 0.29) is 23.8 Å². The highest BCUT2D eigenvalue weighted by Gasteiger charge is 2.23. The van der Waals surface area contributed by atoms with Crippen molar-refractivity contribution in [3.63, 3.8) is 0 Å². The standard InChI is InChI=1S/C14H21NO4S/c1-14(2,3)7-9(5-12(16)17)15-13(18)11-6-10(19-4)8-20-11/h6,8-9H,5,7H2,1-4H3,(H,15,18)(H,16,17). The van der Waals surface area contributed by atoms with Crippen LogP contribution >= 0.6 is 11.3 Å². The van der Waals surface area contributed by atoms with Gasteiger partial charge < -0.3 is 15.2 Å². The number of ether oxygens (including phenoxy) is 1. The first-order valence-corrected chi connectivity index (χ1v) is 7.24. The Morgan fingerprint density at radius 1 is 1.45 bits per heavy atom. The third-order valence-electron chi connectivity index (χ3n) is 2.65. The number of carbonyl (C=O) groups excluding carboxylic acids is 1. The van der Waals surface area contributed by atoms with E-state index in [1.807, 2.05) is 20.8 Å². The van der Waals surface area contributed by atoms with E-state index in [1.165, 1.54) is 18.4 Å². The molecule has 112 valence electrons. The van der Waals surface area contributed by atoms with Gasteiger partial charge in [-0.05, 0) is 11.8 Å². The predicted octanol–water partition coefficient (Wildman–Crippen LogP) is 2.77. The lowest BCUT2D eigenvalue weighted by atomic mass is 9.87. The van der Waals surface area contributed by atoms with Crippen LogP contribution in [0.25, 0.3) is 0 Å². The van der Waals surface area contributed by atoms with Gasteiger partial charge in [0, 0.05) is 17.5 Å². The molecule has 2 N–H and O–H groups in total. The van der Waals surface area contributed by atoms with Crippen molar-refractivity contribution in [2.45, 2.75) is 39.7 Å². The number of hydrogen-bond donors (Lipinski definition) is 2. The topological polar surface area (TPSA) is 75.6 Å². The molecule has 0 aromatic carbocycles. The molecule has 0 aliphatic carbocycles. The molecule has 5 nitrogen and oxygen atoms in total. The van der Waals surface area contributed by atoms with Gasteiger partial charge in [0.15, 0.2) is 0 Å². The molecule has 0 spiro atoms. The maximum atomic E-state index is 12.1. The minimum Gasteiger partial charge on any atom is -0.496 e. The number of nitrogens with one attached hydrogen (secondary N) is 1. The van der Waals surface area contributed by atoms with Crippen LogP contribution in [0, 0.1) is 5.41 Å². The van der Waals surface area contributed by atoms with E-state index in [0.717, 1.165) is 0 Å². The SMILES string of the molecule is COc1csc(C(=O)NC(CC(=O)O)CC(C)(C)C)c1. The molecule has 1 aromatic rings. The highest BCUT2D eigenvalue weighted by Crippen LogP contribution is 2.24. The molecule has 20 heavy (non-hydrogen) atoms. The van der Waals surface area contributed by atoms with E-state index in [9.17, 15) is 9.59 Å². The second kappa shape index (κ2) is 6.74. The van der Waals surface area contributed by atoms with E-state index in [4.69, 9.17) is 9.84 Å². The summed E-state index contributed by atoms with van der Waals surface area (Å²) in [7, 11) is 1.54. The van der Waals surface area contributed by atoms with Crippen LogP contribution in [0.3, 0.4) is 0 Å². The van der Waals surface area contributed by atoms with Crippen molar-refractivity contribution in [3.05, 3.63) is 16.3 Å². The van der Waals surface area contributed by atoms with Crippen LogP contribution in [-0.4, -0.2) is 30.1 Å². The second-order valence-electron chi connectivity index (χ2n) is 5.88. The summed E-state index contributed by atoms with van der Waals surface area (Å²) in [6.07, 6.45) is 0.527. The minimum absolute atomic E-state index is 0.0550. The fourth-order valence-corrected chi connectivity index (χ4v) is 2.68. The molecule has 0 aliphatic rings. The zero-order valence-electron chi connectivity index (χ0n) is 12.2. The molecule has 6 heteroatoms. The van der Waals surface area contributed by atoms with Gasteiger partial charge in [0.2, 0.25) is 0 Å². The number of carboxylic acids is 1. The number of rotatable bonds is 6. The number of carboxylic acid groups (broad SMARTS) is 1. The lowest BCUT2D eigenvalue weighted by molar-refractivity contribution is -0.137. The highest BCUT2D eigenvalue weighted by atomic mass is 32.1. The van der Waals surface area contributed by atoms with Crippen molar-refractivity contribution >= 4 is 23.2 Å². The van der Waals surface area contributed by atoms with Crippen LogP contribution in [-0.2, 0) is 4.79 Å². The molecule has 1 atom stereocenters. The van der Waals surface area contributed by atoms with E-state index < -0.39 is 5.97 Å². The van der Waals surface area contributed by atoms with Crippen molar-refractivity contribution in [1.82, 2.24) is 5.32 Å². The summed E-state index contributed by atoms with van der Waals surface area (Å²) in [5.41, 5.74) is -0.0550. The Balaban J connectivity index is 2.72. The average molecular weight is 299 g/mol. The number of thiophene rings is 1. The number of methoxy groups -OCH3 is 1. The van der Waals surface area contributed by atoms with Crippen molar-refractivity contribution < 1.29 is 19.4 Å². The van der Waals surface area contributed by atoms with Crippen molar-refractivity contribution in [1.29, 1.82) is 0 Å². The Hall–Kier alpha value is -1.56.